The van der Waals surface area contributed by atoms with Crippen molar-refractivity contribution in [3.8, 4) is 0 Å². The second-order valence-electron chi connectivity index (χ2n) is 7.10. The molecule has 5 heteroatoms. The van der Waals surface area contributed by atoms with Gasteiger partial charge >= 0.3 is 11.9 Å². The normalized spacial score (nSPS) is 15.1. The van der Waals surface area contributed by atoms with E-state index in [0.29, 0.717) is 0 Å². The molecule has 0 aliphatic carbocycles. The Labute approximate surface area is 175 Å². The van der Waals surface area contributed by atoms with Crippen LogP contribution in [0.25, 0.3) is 0 Å². The van der Waals surface area contributed by atoms with Gasteiger partial charge in [0.05, 0.1) is 19.1 Å². The lowest BCUT2D eigenvalue weighted by Gasteiger charge is -2.19. The Bertz CT molecular complexity index is 748. The van der Waals surface area contributed by atoms with Crippen LogP contribution in [-0.4, -0.2) is 30.0 Å². The quantitative estimate of drug-likeness (QED) is 0.398. The molecule has 0 spiro atoms. The molecule has 2 aromatic rings. The smallest absolute Gasteiger partial charge is 0.320 e. The monoisotopic (exact) mass is 446 g/mol. The van der Waals surface area contributed by atoms with Crippen molar-refractivity contribution in [2.45, 2.75) is 37.4 Å². The number of hydrogen-bond donors (Lipinski definition) is 0. The Balaban J connectivity index is 1.75. The van der Waals surface area contributed by atoms with Crippen LogP contribution in [0.4, 0.5) is 0 Å². The maximum atomic E-state index is 12.3. The molecule has 0 saturated carbocycles. The molecule has 4 atom stereocenters. The maximum absolute atomic E-state index is 12.3. The Kier molecular flexibility index (Phi) is 8.71. The van der Waals surface area contributed by atoms with Crippen LogP contribution >= 0.6 is 15.9 Å². The highest BCUT2D eigenvalue weighted by molar-refractivity contribution is 9.10. The summed E-state index contributed by atoms with van der Waals surface area (Å²) in [4.78, 5) is 24.1. The third-order valence-electron chi connectivity index (χ3n) is 4.66. The van der Waals surface area contributed by atoms with E-state index in [9.17, 15) is 9.59 Å². The van der Waals surface area contributed by atoms with Crippen LogP contribution in [0.3, 0.4) is 0 Å². The van der Waals surface area contributed by atoms with Gasteiger partial charge in [0.15, 0.2) is 0 Å². The molecule has 0 aromatic heterocycles. The number of carbonyl (C=O) groups is 2. The number of hydrogen-bond acceptors (Lipinski definition) is 4. The number of alkyl halides is 1. The average Bonchev–Trinajstić information content (AvgIpc) is 2.75. The van der Waals surface area contributed by atoms with E-state index >= 15 is 0 Å². The number of halogens is 1. The van der Waals surface area contributed by atoms with Gasteiger partial charge in [-0.1, -0.05) is 90.4 Å². The molecule has 0 bridgehead atoms. The topological polar surface area (TPSA) is 52.6 Å². The first-order valence-corrected chi connectivity index (χ1v) is 10.4. The second-order valence-corrected chi connectivity index (χ2v) is 8.09. The van der Waals surface area contributed by atoms with E-state index in [1.165, 1.54) is 0 Å². The molecule has 2 aromatic carbocycles. The summed E-state index contributed by atoms with van der Waals surface area (Å²) in [5.74, 6) is -1.00. The molecule has 150 valence electrons. The van der Waals surface area contributed by atoms with E-state index in [2.05, 4.69) is 15.9 Å². The summed E-state index contributed by atoms with van der Waals surface area (Å²) < 4.78 is 10.8. The van der Waals surface area contributed by atoms with Gasteiger partial charge < -0.3 is 9.47 Å². The zero-order chi connectivity index (χ0) is 20.5. The molecule has 28 heavy (non-hydrogen) atoms. The van der Waals surface area contributed by atoms with E-state index in [1.807, 2.05) is 81.4 Å². The summed E-state index contributed by atoms with van der Waals surface area (Å²) >= 11 is 3.44. The minimum Gasteiger partial charge on any atom is -0.465 e. The van der Waals surface area contributed by atoms with Gasteiger partial charge in [-0.3, -0.25) is 9.59 Å². The molecule has 4 nitrogen and oxygen atoms in total. The third-order valence-corrected chi connectivity index (χ3v) is 5.83. The molecule has 0 fully saturated rings. The van der Waals surface area contributed by atoms with Gasteiger partial charge in [0.25, 0.3) is 0 Å². The van der Waals surface area contributed by atoms with E-state index in [-0.39, 0.29) is 42.9 Å². The Morgan fingerprint density at radius 2 is 1.25 bits per heavy atom. The summed E-state index contributed by atoms with van der Waals surface area (Å²) in [5, 5.41) is 0. The third kappa shape index (κ3) is 6.48. The molecule has 0 saturated heterocycles. The van der Waals surface area contributed by atoms with Crippen LogP contribution < -0.4 is 0 Å². The van der Waals surface area contributed by atoms with E-state index in [0.717, 1.165) is 11.1 Å². The van der Waals surface area contributed by atoms with Crippen molar-refractivity contribution < 1.29 is 19.1 Å². The highest BCUT2D eigenvalue weighted by Crippen LogP contribution is 2.25. The number of rotatable bonds is 9. The fourth-order valence-corrected chi connectivity index (χ4v) is 3.15. The molecule has 2 rings (SSSR count). The van der Waals surface area contributed by atoms with Crippen molar-refractivity contribution in [3.05, 3.63) is 71.8 Å². The van der Waals surface area contributed by atoms with Crippen molar-refractivity contribution in [1.29, 1.82) is 0 Å². The first kappa shape index (κ1) is 22.2. The number of carbonyl (C=O) groups excluding carboxylic acids is 2. The lowest BCUT2D eigenvalue weighted by Crippen LogP contribution is -2.26. The SMILES string of the molecule is CC(COC(=O)C(C)c1ccccc1)COC(=O)C(Br)C(C)c1ccccc1. The Hall–Kier alpha value is -2.14. The van der Waals surface area contributed by atoms with Crippen LogP contribution in [0.15, 0.2) is 60.7 Å². The molecule has 0 amide bonds. The average molecular weight is 447 g/mol. The minimum atomic E-state index is -0.428. The first-order valence-electron chi connectivity index (χ1n) is 9.47. The lowest BCUT2D eigenvalue weighted by atomic mass is 9.98. The van der Waals surface area contributed by atoms with Gasteiger partial charge in [-0.05, 0) is 18.1 Å². The van der Waals surface area contributed by atoms with E-state index < -0.39 is 4.83 Å². The summed E-state index contributed by atoms with van der Waals surface area (Å²) in [6.45, 7) is 6.10. The van der Waals surface area contributed by atoms with Gasteiger partial charge in [0.2, 0.25) is 0 Å². The minimum absolute atomic E-state index is 0.00597. The standard InChI is InChI=1S/C23H27BrO4/c1-16(14-27-22(25)18(3)20-12-8-5-9-13-20)15-28-23(26)21(24)17(2)19-10-6-4-7-11-19/h4-13,16-18,21H,14-15H2,1-3H3. The van der Waals surface area contributed by atoms with Crippen molar-refractivity contribution >= 4 is 27.9 Å². The van der Waals surface area contributed by atoms with E-state index in [4.69, 9.17) is 9.47 Å². The number of esters is 2. The van der Waals surface area contributed by atoms with Crippen LogP contribution in [0.2, 0.25) is 0 Å². The van der Waals surface area contributed by atoms with Crippen molar-refractivity contribution in [2.24, 2.45) is 5.92 Å². The number of ether oxygens (including phenoxy) is 2. The fourth-order valence-electron chi connectivity index (χ4n) is 2.71. The van der Waals surface area contributed by atoms with Crippen LogP contribution in [-0.2, 0) is 19.1 Å². The molecule has 0 aliphatic rings. The number of benzene rings is 2. The molecule has 0 heterocycles. The van der Waals surface area contributed by atoms with Gasteiger partial charge in [0.1, 0.15) is 4.83 Å². The molecule has 4 unspecified atom stereocenters. The van der Waals surface area contributed by atoms with E-state index in [1.54, 1.807) is 0 Å². The molecule has 0 radical (unpaired) electrons. The molecule has 0 N–H and O–H groups in total. The molecular weight excluding hydrogens is 420 g/mol. The summed E-state index contributed by atoms with van der Waals surface area (Å²) in [6.07, 6.45) is 0. The van der Waals surface area contributed by atoms with Gasteiger partial charge in [0, 0.05) is 11.8 Å². The summed E-state index contributed by atoms with van der Waals surface area (Å²) in [7, 11) is 0. The second kappa shape index (κ2) is 11.0. The van der Waals surface area contributed by atoms with Crippen LogP contribution in [0.5, 0.6) is 0 Å². The van der Waals surface area contributed by atoms with Crippen LogP contribution in [0, 0.1) is 5.92 Å². The van der Waals surface area contributed by atoms with Crippen LogP contribution in [0.1, 0.15) is 43.7 Å². The van der Waals surface area contributed by atoms with Crippen molar-refractivity contribution in [3.63, 3.8) is 0 Å². The highest BCUT2D eigenvalue weighted by Gasteiger charge is 2.25. The zero-order valence-corrected chi connectivity index (χ0v) is 18.1. The fraction of sp³-hybridized carbons (Fsp3) is 0.391. The Morgan fingerprint density at radius 1 is 0.786 bits per heavy atom. The predicted molar refractivity (Wildman–Crippen MR) is 114 cm³/mol. The zero-order valence-electron chi connectivity index (χ0n) is 16.5. The van der Waals surface area contributed by atoms with Gasteiger partial charge in [-0.25, -0.2) is 0 Å². The summed E-state index contributed by atoms with van der Waals surface area (Å²) in [6, 6.07) is 19.3. The first-order chi connectivity index (χ1) is 13.4. The molecular formula is C23H27BrO4. The Morgan fingerprint density at radius 3 is 1.79 bits per heavy atom. The maximum Gasteiger partial charge on any atom is 0.320 e. The largest absolute Gasteiger partial charge is 0.465 e. The summed E-state index contributed by atoms with van der Waals surface area (Å²) in [5.41, 5.74) is 1.99. The highest BCUT2D eigenvalue weighted by atomic mass is 79.9. The predicted octanol–water partition coefficient (Wildman–Crippen LogP) is 5.08. The van der Waals surface area contributed by atoms with Gasteiger partial charge in [-0.2, -0.15) is 0 Å². The van der Waals surface area contributed by atoms with Crippen molar-refractivity contribution in [1.82, 2.24) is 0 Å². The molecule has 0 aliphatic heterocycles. The van der Waals surface area contributed by atoms with Gasteiger partial charge in [-0.15, -0.1) is 0 Å². The lowest BCUT2D eigenvalue weighted by molar-refractivity contribution is -0.149. The van der Waals surface area contributed by atoms with Crippen molar-refractivity contribution in [2.75, 3.05) is 13.2 Å².